The number of thiocarbonyl (C=S) groups is 1. The van der Waals surface area contributed by atoms with Gasteiger partial charge in [0.05, 0.1) is 6.54 Å². The molecule has 2 nitrogen and oxygen atoms in total. The summed E-state index contributed by atoms with van der Waals surface area (Å²) >= 11 is 16.5. The standard InChI is InChI=1S/C11H11Cl2NOS/c12-8-2-1-3-9(6-8)15-10-4-5-14(7-10)11(13)16/h1-3,6,10H,4-5,7H2. The largest absolute Gasteiger partial charge is 0.488 e. The molecule has 1 aromatic rings. The van der Waals surface area contributed by atoms with Gasteiger partial charge >= 0.3 is 0 Å². The topological polar surface area (TPSA) is 12.5 Å². The van der Waals surface area contributed by atoms with Crippen LogP contribution in [0.2, 0.25) is 5.02 Å². The minimum Gasteiger partial charge on any atom is -0.488 e. The molecular weight excluding hydrogens is 265 g/mol. The summed E-state index contributed by atoms with van der Waals surface area (Å²) in [5.41, 5.74) is 0. The lowest BCUT2D eigenvalue weighted by Gasteiger charge is -2.16. The summed E-state index contributed by atoms with van der Waals surface area (Å²) in [4.78, 5) is 1.94. The second-order valence-corrected chi connectivity index (χ2v) is 5.09. The second kappa shape index (κ2) is 5.21. The van der Waals surface area contributed by atoms with Gasteiger partial charge in [-0.15, -0.1) is 0 Å². The maximum atomic E-state index is 5.88. The summed E-state index contributed by atoms with van der Waals surface area (Å²) in [7, 11) is 0. The fraction of sp³-hybridized carbons (Fsp3) is 0.364. The molecule has 1 heterocycles. The van der Waals surface area contributed by atoms with Gasteiger partial charge in [-0.2, -0.15) is 0 Å². The van der Waals surface area contributed by atoms with Gasteiger partial charge in [0, 0.05) is 18.0 Å². The highest BCUT2D eigenvalue weighted by Gasteiger charge is 2.24. The number of nitrogens with zero attached hydrogens (tertiary/aromatic N) is 1. The average molecular weight is 276 g/mol. The van der Waals surface area contributed by atoms with Crippen LogP contribution in [0.5, 0.6) is 5.75 Å². The molecule has 0 radical (unpaired) electrons. The van der Waals surface area contributed by atoms with Gasteiger partial charge < -0.3 is 9.64 Å². The number of hydrogen-bond acceptors (Lipinski definition) is 2. The Morgan fingerprint density at radius 1 is 1.50 bits per heavy atom. The fourth-order valence-corrected chi connectivity index (χ4v) is 2.22. The number of halogens is 2. The molecule has 0 bridgehead atoms. The normalized spacial score (nSPS) is 19.9. The van der Waals surface area contributed by atoms with E-state index in [2.05, 4.69) is 0 Å². The number of hydrogen-bond donors (Lipinski definition) is 0. The van der Waals surface area contributed by atoms with Crippen molar-refractivity contribution in [2.45, 2.75) is 12.5 Å². The van der Waals surface area contributed by atoms with E-state index >= 15 is 0 Å². The van der Waals surface area contributed by atoms with Crippen LogP contribution < -0.4 is 4.74 Å². The van der Waals surface area contributed by atoms with Crippen LogP contribution in [0.4, 0.5) is 0 Å². The van der Waals surface area contributed by atoms with Gasteiger partial charge in [0.25, 0.3) is 0 Å². The lowest BCUT2D eigenvalue weighted by molar-refractivity contribution is 0.215. The van der Waals surface area contributed by atoms with E-state index in [9.17, 15) is 0 Å². The molecule has 0 saturated carbocycles. The van der Waals surface area contributed by atoms with Gasteiger partial charge in [0.1, 0.15) is 11.9 Å². The highest BCUT2D eigenvalue weighted by molar-refractivity contribution is 7.83. The second-order valence-electron chi connectivity index (χ2n) is 3.68. The van der Waals surface area contributed by atoms with Gasteiger partial charge in [-0.1, -0.05) is 29.3 Å². The molecule has 2 rings (SSSR count). The molecule has 1 aromatic carbocycles. The van der Waals surface area contributed by atoms with Crippen LogP contribution in [0.25, 0.3) is 0 Å². The summed E-state index contributed by atoms with van der Waals surface area (Å²) < 4.78 is 6.21. The molecule has 1 fully saturated rings. The van der Waals surface area contributed by atoms with Crippen LogP contribution in [0.15, 0.2) is 24.3 Å². The highest BCUT2D eigenvalue weighted by atomic mass is 35.5. The first-order chi connectivity index (χ1) is 7.65. The first-order valence-corrected chi connectivity index (χ1v) is 6.18. The van der Waals surface area contributed by atoms with Crippen molar-refractivity contribution >= 4 is 39.9 Å². The van der Waals surface area contributed by atoms with Crippen molar-refractivity contribution in [2.75, 3.05) is 13.1 Å². The maximum absolute atomic E-state index is 5.88. The Labute approximate surface area is 110 Å². The minimum atomic E-state index is 0.134. The van der Waals surface area contributed by atoms with Crippen molar-refractivity contribution in [1.29, 1.82) is 0 Å². The van der Waals surface area contributed by atoms with E-state index in [0.717, 1.165) is 25.3 Å². The van der Waals surface area contributed by atoms with Crippen LogP contribution in [-0.2, 0) is 0 Å². The van der Waals surface area contributed by atoms with Crippen LogP contribution in [0.3, 0.4) is 0 Å². The van der Waals surface area contributed by atoms with Crippen molar-refractivity contribution in [3.05, 3.63) is 29.3 Å². The van der Waals surface area contributed by atoms with E-state index < -0.39 is 0 Å². The average Bonchev–Trinajstić information content (AvgIpc) is 2.66. The summed E-state index contributed by atoms with van der Waals surface area (Å²) in [6, 6.07) is 7.40. The molecule has 0 N–H and O–H groups in total. The molecule has 16 heavy (non-hydrogen) atoms. The lowest BCUT2D eigenvalue weighted by atomic mass is 10.3. The van der Waals surface area contributed by atoms with Crippen LogP contribution >= 0.6 is 35.4 Å². The third-order valence-corrected chi connectivity index (χ3v) is 3.22. The SMILES string of the molecule is S=C(Cl)N1CCC(Oc2cccc(Cl)c2)C1. The Hall–Kier alpha value is -0.510. The Morgan fingerprint density at radius 2 is 2.31 bits per heavy atom. The molecule has 0 amide bonds. The van der Waals surface area contributed by atoms with E-state index in [0.29, 0.717) is 9.47 Å². The summed E-state index contributed by atoms with van der Waals surface area (Å²) in [6.45, 7) is 1.60. The molecule has 1 aliphatic rings. The van der Waals surface area contributed by atoms with Gasteiger partial charge in [0.15, 0.2) is 4.45 Å². The quantitative estimate of drug-likeness (QED) is 0.467. The highest BCUT2D eigenvalue weighted by Crippen LogP contribution is 2.22. The van der Waals surface area contributed by atoms with Crippen molar-refractivity contribution in [3.8, 4) is 5.75 Å². The molecular formula is C11H11Cl2NOS. The third-order valence-electron chi connectivity index (χ3n) is 2.49. The van der Waals surface area contributed by atoms with Gasteiger partial charge in [-0.25, -0.2) is 0 Å². The van der Waals surface area contributed by atoms with Crippen LogP contribution in [-0.4, -0.2) is 28.5 Å². The maximum Gasteiger partial charge on any atom is 0.170 e. The predicted octanol–water partition coefficient (Wildman–Crippen LogP) is 3.32. The number of benzene rings is 1. The summed E-state index contributed by atoms with van der Waals surface area (Å²) in [5, 5.41) is 0.681. The molecule has 1 saturated heterocycles. The number of rotatable bonds is 2. The molecule has 5 heteroatoms. The molecule has 0 aromatic heterocycles. The smallest absolute Gasteiger partial charge is 0.170 e. The molecule has 0 spiro atoms. The van der Waals surface area contributed by atoms with Crippen molar-refractivity contribution < 1.29 is 4.74 Å². The minimum absolute atomic E-state index is 0.134. The number of likely N-dealkylation sites (tertiary alicyclic amines) is 1. The lowest BCUT2D eigenvalue weighted by Crippen LogP contribution is -2.26. The van der Waals surface area contributed by atoms with Gasteiger partial charge in [-0.3, -0.25) is 0 Å². The Balaban J connectivity index is 1.94. The Bertz CT molecular complexity index is 399. The number of ether oxygens (including phenoxy) is 1. The van der Waals surface area contributed by atoms with E-state index in [1.54, 1.807) is 0 Å². The zero-order valence-electron chi connectivity index (χ0n) is 8.53. The van der Waals surface area contributed by atoms with Crippen molar-refractivity contribution in [1.82, 2.24) is 4.90 Å². The zero-order valence-corrected chi connectivity index (χ0v) is 10.9. The van der Waals surface area contributed by atoms with E-state index in [1.807, 2.05) is 29.2 Å². The Kier molecular flexibility index (Phi) is 3.90. The van der Waals surface area contributed by atoms with E-state index in [1.165, 1.54) is 0 Å². The molecule has 86 valence electrons. The van der Waals surface area contributed by atoms with E-state index in [4.69, 9.17) is 40.2 Å². The van der Waals surface area contributed by atoms with Crippen LogP contribution in [0, 0.1) is 0 Å². The molecule has 1 aliphatic heterocycles. The summed E-state index contributed by atoms with van der Waals surface area (Å²) in [5.74, 6) is 0.792. The van der Waals surface area contributed by atoms with E-state index in [-0.39, 0.29) is 6.10 Å². The first kappa shape index (κ1) is 12.0. The Morgan fingerprint density at radius 3 is 2.94 bits per heavy atom. The molecule has 1 unspecified atom stereocenters. The molecule has 0 aliphatic carbocycles. The van der Waals surface area contributed by atoms with Gasteiger partial charge in [-0.05, 0) is 30.4 Å². The van der Waals surface area contributed by atoms with Gasteiger partial charge in [0.2, 0.25) is 0 Å². The first-order valence-electron chi connectivity index (χ1n) is 5.02. The van der Waals surface area contributed by atoms with Crippen LogP contribution in [0.1, 0.15) is 6.42 Å². The fourth-order valence-electron chi connectivity index (χ4n) is 1.72. The predicted molar refractivity (Wildman–Crippen MR) is 70.5 cm³/mol. The van der Waals surface area contributed by atoms with Crippen molar-refractivity contribution in [2.24, 2.45) is 0 Å². The molecule has 1 atom stereocenters. The van der Waals surface area contributed by atoms with Crippen molar-refractivity contribution in [3.63, 3.8) is 0 Å². The third kappa shape index (κ3) is 3.00. The zero-order chi connectivity index (χ0) is 11.5. The summed E-state index contributed by atoms with van der Waals surface area (Å²) in [6.07, 6.45) is 1.06. The monoisotopic (exact) mass is 275 g/mol.